The van der Waals surface area contributed by atoms with Gasteiger partial charge in [0, 0.05) is 4.88 Å². The molecule has 0 fully saturated rings. The lowest BCUT2D eigenvalue weighted by atomic mass is 10.1. The number of thiophene rings is 2. The lowest BCUT2D eigenvalue weighted by Crippen LogP contribution is -1.93. The third-order valence-electron chi connectivity index (χ3n) is 2.00. The van der Waals surface area contributed by atoms with E-state index in [0.717, 1.165) is 14.2 Å². The number of halogens is 1. The lowest BCUT2D eigenvalue weighted by Gasteiger charge is -2.04. The minimum absolute atomic E-state index is 0.476. The fourth-order valence-electron chi connectivity index (χ4n) is 1.21. The minimum atomic E-state index is -0.476. The van der Waals surface area contributed by atoms with Crippen molar-refractivity contribution in [1.82, 2.24) is 0 Å². The fourth-order valence-corrected chi connectivity index (χ4v) is 3.48. The van der Waals surface area contributed by atoms with E-state index in [2.05, 4.69) is 15.9 Å². The van der Waals surface area contributed by atoms with E-state index in [1.807, 2.05) is 29.8 Å². The maximum atomic E-state index is 10.0. The van der Waals surface area contributed by atoms with E-state index < -0.39 is 6.10 Å². The quantitative estimate of drug-likeness (QED) is 0.887. The predicted molar refractivity (Wildman–Crippen MR) is 65.1 cm³/mol. The summed E-state index contributed by atoms with van der Waals surface area (Å²) in [6.45, 7) is 2.03. The van der Waals surface area contributed by atoms with Crippen LogP contribution in [0.1, 0.15) is 22.1 Å². The predicted octanol–water partition coefficient (Wildman–Crippen LogP) is 3.96. The van der Waals surface area contributed by atoms with Crippen molar-refractivity contribution in [3.8, 4) is 0 Å². The van der Waals surface area contributed by atoms with Gasteiger partial charge >= 0.3 is 0 Å². The van der Waals surface area contributed by atoms with Crippen LogP contribution >= 0.6 is 38.6 Å². The van der Waals surface area contributed by atoms with Crippen molar-refractivity contribution in [1.29, 1.82) is 0 Å². The van der Waals surface area contributed by atoms with Crippen LogP contribution in [0.3, 0.4) is 0 Å². The van der Waals surface area contributed by atoms with E-state index in [9.17, 15) is 5.11 Å². The van der Waals surface area contributed by atoms with E-state index in [0.29, 0.717) is 0 Å². The van der Waals surface area contributed by atoms with Crippen molar-refractivity contribution in [3.05, 3.63) is 42.7 Å². The van der Waals surface area contributed by atoms with Crippen LogP contribution < -0.4 is 0 Å². The molecule has 0 spiro atoms. The second-order valence-electron chi connectivity index (χ2n) is 3.06. The van der Waals surface area contributed by atoms with Gasteiger partial charge in [-0.15, -0.1) is 11.3 Å². The summed E-state index contributed by atoms with van der Waals surface area (Å²) in [5.74, 6) is 0. The summed E-state index contributed by atoms with van der Waals surface area (Å²) in [5.41, 5.74) is 2.16. The molecule has 0 amide bonds. The molecule has 0 radical (unpaired) electrons. The van der Waals surface area contributed by atoms with Gasteiger partial charge in [0.1, 0.15) is 6.10 Å². The highest BCUT2D eigenvalue weighted by Gasteiger charge is 2.14. The fraction of sp³-hybridized carbons (Fsp3) is 0.200. The van der Waals surface area contributed by atoms with Gasteiger partial charge in [0.05, 0.1) is 3.79 Å². The summed E-state index contributed by atoms with van der Waals surface area (Å²) in [4.78, 5) is 0.993. The maximum absolute atomic E-state index is 10.0. The van der Waals surface area contributed by atoms with Crippen LogP contribution in [0, 0.1) is 6.92 Å². The number of hydrogen-bond donors (Lipinski definition) is 1. The molecule has 14 heavy (non-hydrogen) atoms. The summed E-state index contributed by atoms with van der Waals surface area (Å²) >= 11 is 6.66. The van der Waals surface area contributed by atoms with Crippen molar-refractivity contribution < 1.29 is 5.11 Å². The van der Waals surface area contributed by atoms with Crippen LogP contribution in [0.4, 0.5) is 0 Å². The van der Waals surface area contributed by atoms with E-state index in [1.165, 1.54) is 5.56 Å². The Balaban J connectivity index is 2.32. The monoisotopic (exact) mass is 288 g/mol. The first-order chi connectivity index (χ1) is 6.68. The zero-order valence-electron chi connectivity index (χ0n) is 7.53. The molecule has 0 saturated carbocycles. The second-order valence-corrected chi connectivity index (χ2v) is 6.25. The molecule has 2 rings (SSSR count). The van der Waals surface area contributed by atoms with Crippen molar-refractivity contribution >= 4 is 38.6 Å². The van der Waals surface area contributed by atoms with Gasteiger partial charge in [-0.3, -0.25) is 0 Å². The molecule has 2 aromatic rings. The highest BCUT2D eigenvalue weighted by molar-refractivity contribution is 9.11. The Bertz CT molecular complexity index is 400. The van der Waals surface area contributed by atoms with E-state index in [4.69, 9.17) is 0 Å². The standard InChI is InChI=1S/C10H9BrOS2/c1-6-4-8(14-10(6)11)9(12)7-2-3-13-5-7/h2-5,9,12H,1H3. The van der Waals surface area contributed by atoms with Gasteiger partial charge in [0.2, 0.25) is 0 Å². The molecule has 0 saturated heterocycles. The first-order valence-electron chi connectivity index (χ1n) is 4.14. The van der Waals surface area contributed by atoms with Crippen LogP contribution in [0.15, 0.2) is 26.7 Å². The van der Waals surface area contributed by atoms with E-state index in [1.54, 1.807) is 22.7 Å². The molecular weight excluding hydrogens is 280 g/mol. The molecule has 4 heteroatoms. The average molecular weight is 289 g/mol. The van der Waals surface area contributed by atoms with Gasteiger partial charge in [-0.05, 0) is 56.9 Å². The smallest absolute Gasteiger partial charge is 0.114 e. The van der Waals surface area contributed by atoms with Crippen molar-refractivity contribution in [2.45, 2.75) is 13.0 Å². The molecule has 0 aliphatic heterocycles. The molecule has 2 heterocycles. The third-order valence-corrected chi connectivity index (χ3v) is 4.90. The van der Waals surface area contributed by atoms with Crippen LogP contribution in [0.2, 0.25) is 0 Å². The zero-order valence-corrected chi connectivity index (χ0v) is 10.7. The van der Waals surface area contributed by atoms with Crippen molar-refractivity contribution in [2.24, 2.45) is 0 Å². The molecule has 1 unspecified atom stereocenters. The molecule has 2 aromatic heterocycles. The number of aliphatic hydroxyl groups excluding tert-OH is 1. The summed E-state index contributed by atoms with van der Waals surface area (Å²) < 4.78 is 1.10. The van der Waals surface area contributed by atoms with Gasteiger partial charge in [0.15, 0.2) is 0 Å². The SMILES string of the molecule is Cc1cc(C(O)c2ccsc2)sc1Br. The Morgan fingerprint density at radius 3 is 2.79 bits per heavy atom. The number of aryl methyl sites for hydroxylation is 1. The molecule has 0 aliphatic rings. The Hall–Kier alpha value is -0.160. The molecule has 1 atom stereocenters. The zero-order chi connectivity index (χ0) is 10.1. The molecule has 0 bridgehead atoms. The van der Waals surface area contributed by atoms with Crippen LogP contribution in [0.5, 0.6) is 0 Å². The van der Waals surface area contributed by atoms with Gasteiger partial charge in [-0.1, -0.05) is 0 Å². The minimum Gasteiger partial charge on any atom is -0.383 e. The van der Waals surface area contributed by atoms with Gasteiger partial charge < -0.3 is 5.11 Å². The lowest BCUT2D eigenvalue weighted by molar-refractivity contribution is 0.224. The second kappa shape index (κ2) is 4.14. The Morgan fingerprint density at radius 1 is 1.50 bits per heavy atom. The average Bonchev–Trinajstić information content (AvgIpc) is 2.76. The first-order valence-corrected chi connectivity index (χ1v) is 6.69. The van der Waals surface area contributed by atoms with Crippen LogP contribution in [-0.2, 0) is 0 Å². The highest BCUT2D eigenvalue weighted by atomic mass is 79.9. The Morgan fingerprint density at radius 2 is 2.29 bits per heavy atom. The first kappa shape index (κ1) is 10.4. The van der Waals surface area contributed by atoms with Gasteiger partial charge in [0.25, 0.3) is 0 Å². The molecular formula is C10H9BrOS2. The van der Waals surface area contributed by atoms with Crippen molar-refractivity contribution in [2.75, 3.05) is 0 Å². The number of rotatable bonds is 2. The number of aliphatic hydroxyl groups is 1. The third kappa shape index (κ3) is 1.93. The molecule has 1 N–H and O–H groups in total. The molecule has 74 valence electrons. The Kier molecular flexibility index (Phi) is 3.07. The summed E-state index contributed by atoms with van der Waals surface area (Å²) in [5, 5.41) is 14.0. The summed E-state index contributed by atoms with van der Waals surface area (Å²) in [7, 11) is 0. The van der Waals surface area contributed by atoms with E-state index >= 15 is 0 Å². The summed E-state index contributed by atoms with van der Waals surface area (Å²) in [6.07, 6.45) is -0.476. The molecule has 0 aromatic carbocycles. The van der Waals surface area contributed by atoms with Crippen LogP contribution in [0.25, 0.3) is 0 Å². The Labute approximate surface area is 99.2 Å². The maximum Gasteiger partial charge on any atom is 0.114 e. The highest BCUT2D eigenvalue weighted by Crippen LogP contribution is 2.34. The van der Waals surface area contributed by atoms with Crippen molar-refractivity contribution in [3.63, 3.8) is 0 Å². The van der Waals surface area contributed by atoms with Gasteiger partial charge in [-0.25, -0.2) is 0 Å². The largest absolute Gasteiger partial charge is 0.383 e. The topological polar surface area (TPSA) is 20.2 Å². The molecule has 1 nitrogen and oxygen atoms in total. The normalized spacial score (nSPS) is 13.1. The van der Waals surface area contributed by atoms with Crippen LogP contribution in [-0.4, -0.2) is 5.11 Å². The van der Waals surface area contributed by atoms with E-state index in [-0.39, 0.29) is 0 Å². The van der Waals surface area contributed by atoms with Gasteiger partial charge in [-0.2, -0.15) is 11.3 Å². The number of hydrogen-bond acceptors (Lipinski definition) is 3. The summed E-state index contributed by atoms with van der Waals surface area (Å²) in [6, 6.07) is 3.98. The molecule has 0 aliphatic carbocycles.